The minimum absolute atomic E-state index is 0.0911. The Bertz CT molecular complexity index is 1510. The molecule has 0 saturated carbocycles. The highest BCUT2D eigenvalue weighted by Crippen LogP contribution is 2.24. The maximum Gasteiger partial charge on any atom is 0.262 e. The molecule has 1 N–H and O–H groups in total. The van der Waals surface area contributed by atoms with E-state index >= 15 is 0 Å². The number of hydrogen-bond donors (Lipinski definition) is 1. The summed E-state index contributed by atoms with van der Waals surface area (Å²) < 4.78 is 7.46. The van der Waals surface area contributed by atoms with Gasteiger partial charge in [0.05, 0.1) is 5.69 Å². The van der Waals surface area contributed by atoms with Gasteiger partial charge in [-0.15, -0.1) is 10.2 Å². The van der Waals surface area contributed by atoms with Crippen molar-refractivity contribution in [2.75, 3.05) is 29.9 Å². The standard InChI is InChI=1S/C28H27N7O2/c1-3-34(4-2)23-9-6-10-24(18-23)37-19-27(36)30-22-8-5-7-21(17-22)25-11-12-26-31-32-28(35(26)33-25)20-13-15-29-16-14-20/h5-18H,3-4,19H2,1-2H3,(H,30,36). The van der Waals surface area contributed by atoms with Gasteiger partial charge in [-0.05, 0) is 62.4 Å². The lowest BCUT2D eigenvalue weighted by Crippen LogP contribution is -2.22. The van der Waals surface area contributed by atoms with Crippen molar-refractivity contribution in [3.8, 4) is 28.4 Å². The second-order valence-corrected chi connectivity index (χ2v) is 8.34. The highest BCUT2D eigenvalue weighted by molar-refractivity contribution is 5.92. The van der Waals surface area contributed by atoms with Crippen LogP contribution in [0.15, 0.2) is 85.2 Å². The number of fused-ring (bicyclic) bond motifs is 1. The van der Waals surface area contributed by atoms with Crippen LogP contribution in [0.1, 0.15) is 13.8 Å². The summed E-state index contributed by atoms with van der Waals surface area (Å²) in [6, 6.07) is 22.8. The van der Waals surface area contributed by atoms with E-state index in [0.29, 0.717) is 22.9 Å². The third-order valence-corrected chi connectivity index (χ3v) is 5.96. The van der Waals surface area contributed by atoms with Gasteiger partial charge in [0.1, 0.15) is 5.75 Å². The van der Waals surface area contributed by atoms with Gasteiger partial charge in [-0.25, -0.2) is 0 Å². The summed E-state index contributed by atoms with van der Waals surface area (Å²) in [6.07, 6.45) is 3.41. The molecule has 3 heterocycles. The smallest absolute Gasteiger partial charge is 0.262 e. The molecule has 9 nitrogen and oxygen atoms in total. The summed E-state index contributed by atoms with van der Waals surface area (Å²) >= 11 is 0. The second-order valence-electron chi connectivity index (χ2n) is 8.34. The van der Waals surface area contributed by atoms with Gasteiger partial charge in [0, 0.05) is 54.1 Å². The average Bonchev–Trinajstić information content (AvgIpc) is 3.37. The molecule has 5 rings (SSSR count). The topological polar surface area (TPSA) is 97.5 Å². The first-order valence-electron chi connectivity index (χ1n) is 12.2. The van der Waals surface area contributed by atoms with Gasteiger partial charge in [-0.1, -0.05) is 18.2 Å². The van der Waals surface area contributed by atoms with Gasteiger partial charge in [0.2, 0.25) is 0 Å². The molecule has 5 aromatic rings. The molecule has 0 fully saturated rings. The molecule has 0 atom stereocenters. The first kappa shape index (κ1) is 23.9. The molecule has 0 spiro atoms. The van der Waals surface area contributed by atoms with E-state index in [9.17, 15) is 4.79 Å². The van der Waals surface area contributed by atoms with Gasteiger partial charge < -0.3 is 15.0 Å². The number of aromatic nitrogens is 5. The van der Waals surface area contributed by atoms with Crippen LogP contribution >= 0.6 is 0 Å². The van der Waals surface area contributed by atoms with E-state index in [1.54, 1.807) is 16.9 Å². The quantitative estimate of drug-likeness (QED) is 0.317. The second kappa shape index (κ2) is 10.9. The average molecular weight is 494 g/mol. The molecule has 37 heavy (non-hydrogen) atoms. The Balaban J connectivity index is 1.29. The van der Waals surface area contributed by atoms with Crippen LogP contribution in [0.5, 0.6) is 5.75 Å². The zero-order chi connectivity index (χ0) is 25.6. The van der Waals surface area contributed by atoms with E-state index in [1.165, 1.54) is 0 Å². The monoisotopic (exact) mass is 493 g/mol. The van der Waals surface area contributed by atoms with Crippen molar-refractivity contribution >= 4 is 22.9 Å². The third-order valence-electron chi connectivity index (χ3n) is 5.96. The number of nitrogens with one attached hydrogen (secondary N) is 1. The van der Waals surface area contributed by atoms with Gasteiger partial charge in [-0.2, -0.15) is 9.61 Å². The minimum atomic E-state index is -0.243. The molecule has 9 heteroatoms. The molecule has 186 valence electrons. The number of pyridine rings is 1. The van der Waals surface area contributed by atoms with E-state index in [4.69, 9.17) is 9.84 Å². The van der Waals surface area contributed by atoms with Crippen LogP contribution in [-0.4, -0.2) is 50.4 Å². The molecule has 0 saturated heterocycles. The van der Waals surface area contributed by atoms with Crippen LogP contribution in [0.3, 0.4) is 0 Å². The number of nitrogens with zero attached hydrogens (tertiary/aromatic N) is 6. The number of carbonyl (C=O) groups excluding carboxylic acids is 1. The van der Waals surface area contributed by atoms with Crippen LogP contribution in [0, 0.1) is 0 Å². The highest BCUT2D eigenvalue weighted by atomic mass is 16.5. The third kappa shape index (κ3) is 5.40. The summed E-state index contributed by atoms with van der Waals surface area (Å²) in [5.74, 6) is 1.04. The molecule has 0 bridgehead atoms. The molecular formula is C28H27N7O2. The zero-order valence-electron chi connectivity index (χ0n) is 20.7. The lowest BCUT2D eigenvalue weighted by molar-refractivity contribution is -0.118. The van der Waals surface area contributed by atoms with Crippen LogP contribution in [-0.2, 0) is 4.79 Å². The van der Waals surface area contributed by atoms with Gasteiger partial charge in [-0.3, -0.25) is 9.78 Å². The maximum atomic E-state index is 12.6. The van der Waals surface area contributed by atoms with Gasteiger partial charge in [0.25, 0.3) is 5.91 Å². The number of carbonyl (C=O) groups is 1. The Morgan fingerprint density at radius 3 is 2.54 bits per heavy atom. The summed E-state index contributed by atoms with van der Waals surface area (Å²) in [4.78, 5) is 18.9. The van der Waals surface area contributed by atoms with E-state index in [0.717, 1.165) is 35.6 Å². The van der Waals surface area contributed by atoms with E-state index in [2.05, 4.69) is 39.2 Å². The minimum Gasteiger partial charge on any atom is -0.484 e. The molecule has 1 amide bonds. The zero-order valence-corrected chi connectivity index (χ0v) is 20.7. The predicted octanol–water partition coefficient (Wildman–Crippen LogP) is 4.72. The Kier molecular flexibility index (Phi) is 7.02. The summed E-state index contributed by atoms with van der Waals surface area (Å²) in [5.41, 5.74) is 4.81. The van der Waals surface area contributed by atoms with Crippen LogP contribution in [0.4, 0.5) is 11.4 Å². The fourth-order valence-corrected chi connectivity index (χ4v) is 4.08. The highest BCUT2D eigenvalue weighted by Gasteiger charge is 2.12. The Labute approximate surface area is 214 Å². The van der Waals surface area contributed by atoms with Gasteiger partial charge >= 0.3 is 0 Å². The largest absolute Gasteiger partial charge is 0.484 e. The van der Waals surface area contributed by atoms with Crippen molar-refractivity contribution in [3.05, 3.63) is 85.2 Å². The summed E-state index contributed by atoms with van der Waals surface area (Å²) in [7, 11) is 0. The summed E-state index contributed by atoms with van der Waals surface area (Å²) in [6.45, 7) is 5.94. The van der Waals surface area contributed by atoms with Crippen LogP contribution in [0.2, 0.25) is 0 Å². The predicted molar refractivity (Wildman–Crippen MR) is 144 cm³/mol. The SMILES string of the molecule is CCN(CC)c1cccc(OCC(=O)Nc2cccc(-c3ccc4nnc(-c5ccncc5)n4n3)c2)c1. The number of anilines is 2. The van der Waals surface area contributed by atoms with Crippen molar-refractivity contribution in [2.45, 2.75) is 13.8 Å². The van der Waals surface area contributed by atoms with E-state index in [1.807, 2.05) is 72.8 Å². The first-order valence-corrected chi connectivity index (χ1v) is 12.2. The van der Waals surface area contributed by atoms with Crippen molar-refractivity contribution in [1.29, 1.82) is 0 Å². The molecule has 0 aliphatic heterocycles. The van der Waals surface area contributed by atoms with Crippen molar-refractivity contribution < 1.29 is 9.53 Å². The number of hydrogen-bond acceptors (Lipinski definition) is 7. The number of amides is 1. The fraction of sp³-hybridized carbons (Fsp3) is 0.179. The lowest BCUT2D eigenvalue weighted by atomic mass is 10.1. The normalized spacial score (nSPS) is 10.9. The number of ether oxygens (including phenoxy) is 1. The van der Waals surface area contributed by atoms with Crippen LogP contribution < -0.4 is 15.0 Å². The van der Waals surface area contributed by atoms with Crippen molar-refractivity contribution in [3.63, 3.8) is 0 Å². The number of rotatable bonds is 9. The summed E-state index contributed by atoms with van der Waals surface area (Å²) in [5, 5.41) is 16.1. The van der Waals surface area contributed by atoms with Crippen molar-refractivity contribution in [1.82, 2.24) is 24.8 Å². The van der Waals surface area contributed by atoms with E-state index in [-0.39, 0.29) is 12.5 Å². The molecule has 0 aliphatic carbocycles. The van der Waals surface area contributed by atoms with Gasteiger partial charge in [0.15, 0.2) is 18.1 Å². The Morgan fingerprint density at radius 1 is 0.919 bits per heavy atom. The first-order chi connectivity index (χ1) is 18.1. The molecule has 0 aliphatic rings. The van der Waals surface area contributed by atoms with Crippen molar-refractivity contribution in [2.24, 2.45) is 0 Å². The maximum absolute atomic E-state index is 12.6. The van der Waals surface area contributed by atoms with Crippen LogP contribution in [0.25, 0.3) is 28.3 Å². The fourth-order valence-electron chi connectivity index (χ4n) is 4.08. The lowest BCUT2D eigenvalue weighted by Gasteiger charge is -2.21. The molecule has 2 aromatic carbocycles. The number of benzene rings is 2. The molecule has 0 unspecified atom stereocenters. The Hall–Kier alpha value is -4.79. The molecule has 0 radical (unpaired) electrons. The molecular weight excluding hydrogens is 466 g/mol. The van der Waals surface area contributed by atoms with E-state index < -0.39 is 0 Å². The molecule has 3 aromatic heterocycles. The Morgan fingerprint density at radius 2 is 1.73 bits per heavy atom.